The molecule has 114 valence electrons. The Hall–Kier alpha value is -2.62. The lowest BCUT2D eigenvalue weighted by atomic mass is 10.1. The van der Waals surface area contributed by atoms with Crippen molar-refractivity contribution < 1.29 is 14.7 Å². The number of nitrogens with one attached hydrogen (secondary N) is 1. The second-order valence-corrected chi connectivity index (χ2v) is 5.32. The molecule has 0 heterocycles. The SMILES string of the molecule is Cc1cc(O)cc(C)c1NC(=O)C(=O)CCc1ccccc1. The Morgan fingerprint density at radius 1 is 1.05 bits per heavy atom. The van der Waals surface area contributed by atoms with Gasteiger partial charge in [-0.05, 0) is 49.1 Å². The number of Topliss-reactive ketones (excluding diaryl/α,β-unsaturated/α-hetero) is 1. The average molecular weight is 297 g/mol. The fourth-order valence-electron chi connectivity index (χ4n) is 2.34. The van der Waals surface area contributed by atoms with E-state index < -0.39 is 11.7 Å². The van der Waals surface area contributed by atoms with E-state index in [2.05, 4.69) is 5.32 Å². The van der Waals surface area contributed by atoms with Crippen LogP contribution in [0.1, 0.15) is 23.1 Å². The molecule has 4 nitrogen and oxygen atoms in total. The summed E-state index contributed by atoms with van der Waals surface area (Å²) in [7, 11) is 0. The van der Waals surface area contributed by atoms with Crippen LogP contribution in [0.25, 0.3) is 0 Å². The third-order valence-corrected chi connectivity index (χ3v) is 3.49. The van der Waals surface area contributed by atoms with E-state index in [1.54, 1.807) is 26.0 Å². The fraction of sp³-hybridized carbons (Fsp3) is 0.222. The lowest BCUT2D eigenvalue weighted by Gasteiger charge is -2.11. The number of carbonyl (C=O) groups excluding carboxylic acids is 2. The first-order valence-electron chi connectivity index (χ1n) is 7.15. The predicted octanol–water partition coefficient (Wildman–Crippen LogP) is 3.15. The number of ketones is 1. The summed E-state index contributed by atoms with van der Waals surface area (Å²) < 4.78 is 0. The molecule has 0 saturated carbocycles. The molecule has 4 heteroatoms. The lowest BCUT2D eigenvalue weighted by Crippen LogP contribution is -2.24. The molecule has 0 unspecified atom stereocenters. The summed E-state index contributed by atoms with van der Waals surface area (Å²) in [5.41, 5.74) is 3.06. The van der Waals surface area contributed by atoms with E-state index >= 15 is 0 Å². The van der Waals surface area contributed by atoms with Gasteiger partial charge >= 0.3 is 0 Å². The lowest BCUT2D eigenvalue weighted by molar-refractivity contribution is -0.134. The number of aromatic hydroxyl groups is 1. The molecule has 1 amide bonds. The molecule has 0 radical (unpaired) electrons. The number of phenols is 1. The van der Waals surface area contributed by atoms with Crippen LogP contribution in [0.5, 0.6) is 5.75 Å². The highest BCUT2D eigenvalue weighted by Gasteiger charge is 2.16. The summed E-state index contributed by atoms with van der Waals surface area (Å²) in [6, 6.07) is 12.7. The van der Waals surface area contributed by atoms with Gasteiger partial charge in [0.2, 0.25) is 5.78 Å². The van der Waals surface area contributed by atoms with Gasteiger partial charge in [-0.2, -0.15) is 0 Å². The van der Waals surface area contributed by atoms with Crippen LogP contribution in [0.2, 0.25) is 0 Å². The van der Waals surface area contributed by atoms with Gasteiger partial charge < -0.3 is 10.4 Å². The normalized spacial score (nSPS) is 10.3. The van der Waals surface area contributed by atoms with Crippen LogP contribution in [0.3, 0.4) is 0 Å². The van der Waals surface area contributed by atoms with Crippen LogP contribution in [-0.4, -0.2) is 16.8 Å². The van der Waals surface area contributed by atoms with E-state index in [1.165, 1.54) is 0 Å². The van der Waals surface area contributed by atoms with Crippen LogP contribution in [0.4, 0.5) is 5.69 Å². The molecule has 2 aromatic carbocycles. The van der Waals surface area contributed by atoms with Gasteiger partial charge in [-0.15, -0.1) is 0 Å². The Balaban J connectivity index is 1.99. The second kappa shape index (κ2) is 6.89. The summed E-state index contributed by atoms with van der Waals surface area (Å²) in [4.78, 5) is 23.9. The zero-order chi connectivity index (χ0) is 16.1. The zero-order valence-electron chi connectivity index (χ0n) is 12.7. The highest BCUT2D eigenvalue weighted by Crippen LogP contribution is 2.25. The van der Waals surface area contributed by atoms with E-state index in [-0.39, 0.29) is 12.2 Å². The maximum absolute atomic E-state index is 12.0. The molecule has 0 atom stereocenters. The molecule has 2 aromatic rings. The van der Waals surface area contributed by atoms with Gasteiger partial charge in [-0.3, -0.25) is 9.59 Å². The Bertz CT molecular complexity index is 670. The number of hydrogen-bond donors (Lipinski definition) is 2. The maximum Gasteiger partial charge on any atom is 0.291 e. The third kappa shape index (κ3) is 3.95. The van der Waals surface area contributed by atoms with Crippen LogP contribution < -0.4 is 5.32 Å². The highest BCUT2D eigenvalue weighted by atomic mass is 16.3. The molecule has 0 aromatic heterocycles. The van der Waals surface area contributed by atoms with Crippen molar-refractivity contribution in [1.29, 1.82) is 0 Å². The molecular formula is C18H19NO3. The molecule has 0 aliphatic rings. The minimum absolute atomic E-state index is 0.142. The number of phenolic OH excluding ortho intramolecular Hbond substituents is 1. The molecule has 0 bridgehead atoms. The van der Waals surface area contributed by atoms with Crippen molar-refractivity contribution in [1.82, 2.24) is 0 Å². The smallest absolute Gasteiger partial charge is 0.291 e. The standard InChI is InChI=1S/C18H19NO3/c1-12-10-15(20)11-13(2)17(12)19-18(22)16(21)9-8-14-6-4-3-5-7-14/h3-7,10-11,20H,8-9H2,1-2H3,(H,19,22). The topological polar surface area (TPSA) is 66.4 Å². The monoisotopic (exact) mass is 297 g/mol. The third-order valence-electron chi connectivity index (χ3n) is 3.49. The van der Waals surface area contributed by atoms with Gasteiger partial charge in [0.25, 0.3) is 5.91 Å². The molecule has 0 fully saturated rings. The molecule has 0 aliphatic heterocycles. The Morgan fingerprint density at radius 3 is 2.23 bits per heavy atom. The van der Waals surface area contributed by atoms with Crippen molar-refractivity contribution >= 4 is 17.4 Å². The summed E-state index contributed by atoms with van der Waals surface area (Å²) in [6.45, 7) is 3.55. The van der Waals surface area contributed by atoms with Gasteiger partial charge in [0, 0.05) is 12.1 Å². The van der Waals surface area contributed by atoms with Gasteiger partial charge in [0.15, 0.2) is 0 Å². The number of amides is 1. The maximum atomic E-state index is 12.0. The van der Waals surface area contributed by atoms with Gasteiger partial charge in [0.05, 0.1) is 0 Å². The Labute approximate surface area is 129 Å². The van der Waals surface area contributed by atoms with Crippen LogP contribution in [0, 0.1) is 13.8 Å². The first-order valence-corrected chi connectivity index (χ1v) is 7.15. The van der Waals surface area contributed by atoms with Gasteiger partial charge in [-0.1, -0.05) is 30.3 Å². The molecule has 2 N–H and O–H groups in total. The zero-order valence-corrected chi connectivity index (χ0v) is 12.7. The Kier molecular flexibility index (Phi) is 4.94. The Morgan fingerprint density at radius 2 is 1.64 bits per heavy atom. The number of aryl methyl sites for hydroxylation is 3. The van der Waals surface area contributed by atoms with Crippen molar-refractivity contribution in [2.45, 2.75) is 26.7 Å². The molecule has 2 rings (SSSR count). The van der Waals surface area contributed by atoms with E-state index in [1.807, 2.05) is 30.3 Å². The van der Waals surface area contributed by atoms with E-state index in [4.69, 9.17) is 0 Å². The van der Waals surface area contributed by atoms with E-state index in [0.29, 0.717) is 12.1 Å². The van der Waals surface area contributed by atoms with Gasteiger partial charge in [0.1, 0.15) is 5.75 Å². The van der Waals surface area contributed by atoms with Crippen molar-refractivity contribution in [3.8, 4) is 5.75 Å². The highest BCUT2D eigenvalue weighted by molar-refractivity contribution is 6.40. The molecular weight excluding hydrogens is 278 g/mol. The van der Waals surface area contributed by atoms with Crippen LogP contribution in [0.15, 0.2) is 42.5 Å². The second-order valence-electron chi connectivity index (χ2n) is 5.32. The van der Waals surface area contributed by atoms with Gasteiger partial charge in [-0.25, -0.2) is 0 Å². The minimum Gasteiger partial charge on any atom is -0.508 e. The first-order chi connectivity index (χ1) is 10.5. The summed E-state index contributed by atoms with van der Waals surface area (Å²) >= 11 is 0. The number of anilines is 1. The van der Waals surface area contributed by atoms with Crippen LogP contribution in [-0.2, 0) is 16.0 Å². The van der Waals surface area contributed by atoms with Crippen molar-refractivity contribution in [2.24, 2.45) is 0 Å². The number of rotatable bonds is 5. The van der Waals surface area contributed by atoms with E-state index in [0.717, 1.165) is 16.7 Å². The average Bonchev–Trinajstić information content (AvgIpc) is 2.49. The number of hydrogen-bond acceptors (Lipinski definition) is 3. The summed E-state index contributed by atoms with van der Waals surface area (Å²) in [5, 5.41) is 12.1. The largest absolute Gasteiger partial charge is 0.508 e. The number of benzene rings is 2. The predicted molar refractivity (Wildman–Crippen MR) is 86.0 cm³/mol. The van der Waals surface area contributed by atoms with Crippen molar-refractivity contribution in [3.05, 3.63) is 59.2 Å². The molecule has 0 spiro atoms. The summed E-state index contributed by atoms with van der Waals surface area (Å²) in [6.07, 6.45) is 0.715. The fourth-order valence-corrected chi connectivity index (χ4v) is 2.34. The summed E-state index contributed by atoms with van der Waals surface area (Å²) in [5.74, 6) is -0.924. The van der Waals surface area contributed by atoms with Crippen molar-refractivity contribution in [3.63, 3.8) is 0 Å². The van der Waals surface area contributed by atoms with Crippen molar-refractivity contribution in [2.75, 3.05) is 5.32 Å². The minimum atomic E-state index is -0.618. The number of carbonyl (C=O) groups is 2. The molecule has 0 saturated heterocycles. The molecule has 0 aliphatic carbocycles. The quantitative estimate of drug-likeness (QED) is 0.658. The van der Waals surface area contributed by atoms with E-state index in [9.17, 15) is 14.7 Å². The first kappa shape index (κ1) is 15.8. The van der Waals surface area contributed by atoms with Crippen LogP contribution >= 0.6 is 0 Å². The molecule has 22 heavy (non-hydrogen) atoms.